The lowest BCUT2D eigenvalue weighted by Gasteiger charge is -2.37. The summed E-state index contributed by atoms with van der Waals surface area (Å²) in [4.78, 5) is 14.8. The third-order valence-corrected chi connectivity index (χ3v) is 10.2. The highest BCUT2D eigenvalue weighted by atomic mass is 35.5. The third-order valence-electron chi connectivity index (χ3n) is 9.85. The van der Waals surface area contributed by atoms with Crippen molar-refractivity contribution in [3.05, 3.63) is 53.6 Å². The van der Waals surface area contributed by atoms with E-state index in [1.165, 1.54) is 12.8 Å². The molecule has 0 amide bonds. The third kappa shape index (κ3) is 4.14. The summed E-state index contributed by atoms with van der Waals surface area (Å²) in [5, 5.41) is 28.2. The summed E-state index contributed by atoms with van der Waals surface area (Å²) in [5.74, 6) is 0.949. The zero-order valence-corrected chi connectivity index (χ0v) is 23.6. The molecule has 3 unspecified atom stereocenters. The Balaban J connectivity index is 1.27. The van der Waals surface area contributed by atoms with Gasteiger partial charge in [-0.3, -0.25) is 4.90 Å². The monoisotopic (exact) mass is 571 g/mol. The minimum atomic E-state index is -0.429. The van der Waals surface area contributed by atoms with E-state index in [2.05, 4.69) is 15.1 Å². The van der Waals surface area contributed by atoms with E-state index in [1.807, 2.05) is 36.4 Å². The standard InChI is InChI=1S/C32H34ClN5O3/c33-26-14-25-27(15-24(26)23-13-21(39)11-19-5-1-2-6-22(19)23)35-31(41-18-32-7-3-9-37(32)10-4-8-32)36-30(25)38-20-12-29(40)28(38)17-34-16-20/h1-2,5-6,11,13-15,20,28-29,34,39-40H,3-4,7-10,12,16-18H2. The van der Waals surface area contributed by atoms with Crippen LogP contribution in [0.3, 0.4) is 0 Å². The van der Waals surface area contributed by atoms with Crippen molar-refractivity contribution < 1.29 is 14.9 Å². The highest BCUT2D eigenvalue weighted by Crippen LogP contribution is 2.43. The van der Waals surface area contributed by atoms with Crippen molar-refractivity contribution in [2.75, 3.05) is 37.7 Å². The van der Waals surface area contributed by atoms with Gasteiger partial charge in [0.15, 0.2) is 0 Å². The lowest BCUT2D eigenvalue weighted by atomic mass is 9.95. The second kappa shape index (κ2) is 9.70. The fourth-order valence-corrected chi connectivity index (χ4v) is 8.17. The zero-order chi connectivity index (χ0) is 27.7. The Kier molecular flexibility index (Phi) is 6.04. The first kappa shape index (κ1) is 25.5. The molecule has 9 heteroatoms. The van der Waals surface area contributed by atoms with Gasteiger partial charge >= 0.3 is 6.01 Å². The number of fused-ring (bicyclic) bond motifs is 5. The number of aliphatic hydroxyl groups is 1. The van der Waals surface area contributed by atoms with Gasteiger partial charge in [0.1, 0.15) is 18.2 Å². The molecule has 3 atom stereocenters. The molecule has 4 saturated heterocycles. The van der Waals surface area contributed by atoms with Gasteiger partial charge < -0.3 is 25.2 Å². The molecule has 212 valence electrons. The summed E-state index contributed by atoms with van der Waals surface area (Å²) in [6.07, 6.45) is 4.96. The van der Waals surface area contributed by atoms with E-state index in [9.17, 15) is 10.2 Å². The molecule has 8 nitrogen and oxygen atoms in total. The predicted molar refractivity (Wildman–Crippen MR) is 161 cm³/mol. The number of ether oxygens (including phenoxy) is 1. The van der Waals surface area contributed by atoms with E-state index < -0.39 is 6.10 Å². The number of anilines is 1. The minimum Gasteiger partial charge on any atom is -0.508 e. The summed E-state index contributed by atoms with van der Waals surface area (Å²) in [6.45, 7) is 4.32. The van der Waals surface area contributed by atoms with Crippen molar-refractivity contribution in [3.63, 3.8) is 0 Å². The number of phenols is 1. The van der Waals surface area contributed by atoms with Gasteiger partial charge in [-0.05, 0) is 85.8 Å². The number of halogens is 1. The number of nitrogens with zero attached hydrogens (tertiary/aromatic N) is 4. The van der Waals surface area contributed by atoms with Gasteiger partial charge in [-0.2, -0.15) is 9.97 Å². The second-order valence-electron chi connectivity index (χ2n) is 12.2. The van der Waals surface area contributed by atoms with Gasteiger partial charge in [0.25, 0.3) is 0 Å². The molecule has 41 heavy (non-hydrogen) atoms. The molecule has 2 bridgehead atoms. The highest BCUT2D eigenvalue weighted by Gasteiger charge is 2.46. The molecule has 4 aromatic rings. The molecule has 8 rings (SSSR count). The summed E-state index contributed by atoms with van der Waals surface area (Å²) < 4.78 is 6.48. The Labute approximate surface area is 243 Å². The van der Waals surface area contributed by atoms with Crippen LogP contribution in [0.1, 0.15) is 32.1 Å². The summed E-state index contributed by atoms with van der Waals surface area (Å²) >= 11 is 7.01. The number of benzene rings is 3. The number of aromatic hydroxyl groups is 1. The van der Waals surface area contributed by atoms with E-state index in [4.69, 9.17) is 26.3 Å². The average Bonchev–Trinajstić information content (AvgIpc) is 3.60. The van der Waals surface area contributed by atoms with Crippen molar-refractivity contribution in [1.82, 2.24) is 20.2 Å². The van der Waals surface area contributed by atoms with Crippen molar-refractivity contribution in [1.29, 1.82) is 0 Å². The van der Waals surface area contributed by atoms with E-state index in [0.29, 0.717) is 30.6 Å². The van der Waals surface area contributed by atoms with Gasteiger partial charge in [0.2, 0.25) is 0 Å². The number of piperazine rings is 1. The van der Waals surface area contributed by atoms with Crippen molar-refractivity contribution in [2.45, 2.75) is 55.8 Å². The molecule has 0 aliphatic carbocycles. The first-order chi connectivity index (χ1) is 20.0. The molecule has 0 saturated carbocycles. The number of nitrogens with one attached hydrogen (secondary N) is 1. The molecule has 3 aromatic carbocycles. The molecule has 4 aliphatic rings. The van der Waals surface area contributed by atoms with Crippen LogP contribution in [0.4, 0.5) is 5.82 Å². The van der Waals surface area contributed by atoms with Crippen LogP contribution < -0.4 is 15.0 Å². The smallest absolute Gasteiger partial charge is 0.319 e. The summed E-state index contributed by atoms with van der Waals surface area (Å²) in [5.41, 5.74) is 2.45. The maximum absolute atomic E-state index is 10.9. The van der Waals surface area contributed by atoms with Crippen LogP contribution >= 0.6 is 11.6 Å². The molecule has 1 aromatic heterocycles. The normalized spacial score (nSPS) is 25.3. The fraction of sp³-hybridized carbons (Fsp3) is 0.438. The largest absolute Gasteiger partial charge is 0.508 e. The molecule has 0 radical (unpaired) electrons. The molecule has 3 N–H and O–H groups in total. The van der Waals surface area contributed by atoms with E-state index in [-0.39, 0.29) is 23.4 Å². The highest BCUT2D eigenvalue weighted by molar-refractivity contribution is 6.35. The molecular weight excluding hydrogens is 538 g/mol. The topological polar surface area (TPSA) is 94.0 Å². The molecule has 5 heterocycles. The lowest BCUT2D eigenvalue weighted by molar-refractivity contribution is 0.108. The van der Waals surface area contributed by atoms with Gasteiger partial charge in [-0.1, -0.05) is 35.9 Å². The van der Waals surface area contributed by atoms with Crippen LogP contribution in [-0.4, -0.2) is 81.6 Å². The first-order valence-electron chi connectivity index (χ1n) is 14.8. The SMILES string of the molecule is Oc1cc(-c2cc3nc(OCC45CCCN4CCC5)nc(N4C5CNCC4C(O)C5)c3cc2Cl)c2ccccc2c1. The van der Waals surface area contributed by atoms with Crippen LogP contribution in [0.25, 0.3) is 32.8 Å². The molecule has 4 aliphatic heterocycles. The average molecular weight is 572 g/mol. The minimum absolute atomic E-state index is 0.0769. The fourth-order valence-electron chi connectivity index (χ4n) is 7.91. The number of aromatic nitrogens is 2. The number of aliphatic hydroxyl groups excluding tert-OH is 1. The van der Waals surface area contributed by atoms with Gasteiger partial charge in [0.05, 0.1) is 23.2 Å². The van der Waals surface area contributed by atoms with Crippen LogP contribution in [0.15, 0.2) is 48.5 Å². The van der Waals surface area contributed by atoms with Gasteiger partial charge in [-0.15, -0.1) is 0 Å². The van der Waals surface area contributed by atoms with Crippen LogP contribution in [0.5, 0.6) is 11.8 Å². The summed E-state index contributed by atoms with van der Waals surface area (Å²) in [6, 6.07) is 15.8. The van der Waals surface area contributed by atoms with Crippen LogP contribution in [0.2, 0.25) is 5.02 Å². The molecule has 0 spiro atoms. The summed E-state index contributed by atoms with van der Waals surface area (Å²) in [7, 11) is 0. The van der Waals surface area contributed by atoms with Crippen LogP contribution in [-0.2, 0) is 0 Å². The van der Waals surface area contributed by atoms with Crippen molar-refractivity contribution in [2.24, 2.45) is 0 Å². The van der Waals surface area contributed by atoms with Gasteiger partial charge in [0, 0.05) is 35.1 Å². The Morgan fingerprint density at radius 3 is 2.66 bits per heavy atom. The number of rotatable bonds is 5. The second-order valence-corrected chi connectivity index (χ2v) is 12.6. The van der Waals surface area contributed by atoms with E-state index in [0.717, 1.165) is 71.1 Å². The molecule has 4 fully saturated rings. The Morgan fingerprint density at radius 2 is 1.83 bits per heavy atom. The van der Waals surface area contributed by atoms with Crippen molar-refractivity contribution in [3.8, 4) is 22.9 Å². The number of phenolic OH excluding ortho intramolecular Hbond substituents is 1. The quantitative estimate of drug-likeness (QED) is 0.317. The maximum atomic E-state index is 10.9. The predicted octanol–water partition coefficient (Wildman–Crippen LogP) is 4.73. The molecular formula is C32H34ClN5O3. The van der Waals surface area contributed by atoms with Crippen LogP contribution in [0, 0.1) is 0 Å². The Hall–Kier alpha value is -3.17. The first-order valence-corrected chi connectivity index (χ1v) is 15.2. The number of hydrogen-bond donors (Lipinski definition) is 3. The van der Waals surface area contributed by atoms with E-state index >= 15 is 0 Å². The zero-order valence-electron chi connectivity index (χ0n) is 22.9. The van der Waals surface area contributed by atoms with E-state index in [1.54, 1.807) is 12.1 Å². The van der Waals surface area contributed by atoms with Gasteiger partial charge in [-0.25, -0.2) is 0 Å². The van der Waals surface area contributed by atoms with Crippen molar-refractivity contribution >= 4 is 39.1 Å². The Morgan fingerprint density at radius 1 is 1.00 bits per heavy atom. The maximum Gasteiger partial charge on any atom is 0.319 e. The number of hydrogen-bond acceptors (Lipinski definition) is 8. The lowest BCUT2D eigenvalue weighted by Crippen LogP contribution is -2.54. The Bertz CT molecular complexity index is 1650.